The number of ether oxygens (including phenoxy) is 1. The van der Waals surface area contributed by atoms with E-state index < -0.39 is 6.61 Å². The summed E-state index contributed by atoms with van der Waals surface area (Å²) in [6.45, 7) is -0.811. The number of para-hydroxylation sites is 1. The van der Waals surface area contributed by atoms with E-state index in [4.69, 9.17) is 6.42 Å². The maximum atomic E-state index is 12.6. The van der Waals surface area contributed by atoms with E-state index in [1.54, 1.807) is 11.0 Å². The molecule has 1 aromatic carbocycles. The summed E-state index contributed by atoms with van der Waals surface area (Å²) in [6, 6.07) is 5.92. The van der Waals surface area contributed by atoms with Gasteiger partial charge in [-0.15, -0.1) is 6.42 Å². The third-order valence-corrected chi connectivity index (χ3v) is 3.75. The number of nitrogens with one attached hydrogen (secondary N) is 1. The number of alkyl halides is 2. The van der Waals surface area contributed by atoms with E-state index in [1.165, 1.54) is 18.2 Å². The van der Waals surface area contributed by atoms with Gasteiger partial charge in [-0.1, -0.05) is 18.1 Å². The molecule has 1 saturated heterocycles. The van der Waals surface area contributed by atoms with E-state index in [2.05, 4.69) is 16.0 Å². The summed E-state index contributed by atoms with van der Waals surface area (Å²) >= 11 is 0. The Morgan fingerprint density at radius 3 is 2.56 bits per heavy atom. The van der Waals surface area contributed by atoms with Crippen LogP contribution in [0.1, 0.15) is 10.4 Å². The Hall–Kier alpha value is -2.66. The molecule has 0 unspecified atom stereocenters. The smallest absolute Gasteiger partial charge is 0.387 e. The molecule has 0 saturated carbocycles. The molecule has 0 spiro atoms. The first-order chi connectivity index (χ1) is 12.0. The van der Waals surface area contributed by atoms with Gasteiger partial charge in [-0.25, -0.2) is 0 Å². The second kappa shape index (κ2) is 8.99. The molecule has 0 bridgehead atoms. The lowest BCUT2D eigenvalue weighted by Crippen LogP contribution is -2.51. The third-order valence-electron chi connectivity index (χ3n) is 3.75. The lowest BCUT2D eigenvalue weighted by molar-refractivity contribution is -0.122. The lowest BCUT2D eigenvalue weighted by Gasteiger charge is -2.34. The standard InChI is InChI=1S/C17H19F2N3O3/c1-2-7-20-15(23)12-21-8-10-22(11-9-21)16(24)13-5-3-4-6-14(13)25-17(18)19/h1,3-6,17H,7-12H2,(H,20,23). The van der Waals surface area contributed by atoms with Crippen molar-refractivity contribution >= 4 is 11.8 Å². The van der Waals surface area contributed by atoms with Gasteiger partial charge < -0.3 is 15.0 Å². The van der Waals surface area contributed by atoms with Crippen LogP contribution in [0.4, 0.5) is 8.78 Å². The van der Waals surface area contributed by atoms with Crippen molar-refractivity contribution in [2.45, 2.75) is 6.61 Å². The Balaban J connectivity index is 1.92. The van der Waals surface area contributed by atoms with Crippen molar-refractivity contribution < 1.29 is 23.1 Å². The van der Waals surface area contributed by atoms with Crippen LogP contribution in [0, 0.1) is 12.3 Å². The highest BCUT2D eigenvalue weighted by Crippen LogP contribution is 2.22. The minimum atomic E-state index is -2.99. The number of hydrogen-bond acceptors (Lipinski definition) is 4. The molecule has 6 nitrogen and oxygen atoms in total. The first-order valence-electron chi connectivity index (χ1n) is 7.77. The van der Waals surface area contributed by atoms with Crippen LogP contribution < -0.4 is 10.1 Å². The first-order valence-corrected chi connectivity index (χ1v) is 7.77. The average Bonchev–Trinajstić information content (AvgIpc) is 2.60. The molecule has 1 aliphatic heterocycles. The molecule has 8 heteroatoms. The van der Waals surface area contributed by atoms with Gasteiger partial charge in [0, 0.05) is 26.2 Å². The summed E-state index contributed by atoms with van der Waals surface area (Å²) in [7, 11) is 0. The van der Waals surface area contributed by atoms with Crippen molar-refractivity contribution in [3.05, 3.63) is 29.8 Å². The Kier molecular flexibility index (Phi) is 6.71. The molecule has 0 radical (unpaired) electrons. The Morgan fingerprint density at radius 2 is 1.92 bits per heavy atom. The number of hydrogen-bond donors (Lipinski definition) is 1. The Bertz CT molecular complexity index is 653. The number of amides is 2. The number of halogens is 2. The molecule has 1 fully saturated rings. The second-order valence-electron chi connectivity index (χ2n) is 5.42. The van der Waals surface area contributed by atoms with Gasteiger partial charge in [-0.05, 0) is 12.1 Å². The number of nitrogens with zero attached hydrogens (tertiary/aromatic N) is 2. The number of piperazine rings is 1. The van der Waals surface area contributed by atoms with Crippen molar-refractivity contribution in [1.29, 1.82) is 0 Å². The van der Waals surface area contributed by atoms with Crippen molar-refractivity contribution in [2.75, 3.05) is 39.3 Å². The largest absolute Gasteiger partial charge is 0.434 e. The first kappa shape index (κ1) is 18.7. The van der Waals surface area contributed by atoms with Gasteiger partial charge in [0.25, 0.3) is 5.91 Å². The summed E-state index contributed by atoms with van der Waals surface area (Å²) in [5, 5.41) is 2.58. The molecule has 0 aliphatic carbocycles. The summed E-state index contributed by atoms with van der Waals surface area (Å²) in [5.41, 5.74) is 0.100. The highest BCUT2D eigenvalue weighted by atomic mass is 19.3. The van der Waals surface area contributed by atoms with Crippen LogP contribution in [0.5, 0.6) is 5.75 Å². The highest BCUT2D eigenvalue weighted by molar-refractivity contribution is 5.97. The average molecular weight is 351 g/mol. The molecule has 0 aromatic heterocycles. The summed E-state index contributed by atoms with van der Waals surface area (Å²) in [6.07, 6.45) is 5.08. The molecule has 0 atom stereocenters. The molecule has 134 valence electrons. The van der Waals surface area contributed by atoms with Crippen LogP contribution in [0.25, 0.3) is 0 Å². The number of carbonyl (C=O) groups is 2. The van der Waals surface area contributed by atoms with Gasteiger partial charge in [-0.3, -0.25) is 14.5 Å². The molecular formula is C17H19F2N3O3. The molecule has 2 amide bonds. The summed E-state index contributed by atoms with van der Waals surface area (Å²) < 4.78 is 29.3. The fraction of sp³-hybridized carbons (Fsp3) is 0.412. The Morgan fingerprint density at radius 1 is 1.24 bits per heavy atom. The molecule has 1 heterocycles. The SMILES string of the molecule is C#CCNC(=O)CN1CCN(C(=O)c2ccccc2OC(F)F)CC1. The Labute approximate surface area is 144 Å². The van der Waals surface area contributed by atoms with Gasteiger partial charge >= 0.3 is 6.61 Å². The fourth-order valence-corrected chi connectivity index (χ4v) is 2.53. The van der Waals surface area contributed by atoms with Gasteiger partial charge in [0.15, 0.2) is 0 Å². The maximum Gasteiger partial charge on any atom is 0.387 e. The van der Waals surface area contributed by atoms with Crippen LogP contribution in [0.3, 0.4) is 0 Å². The number of rotatable bonds is 6. The predicted octanol–water partition coefficient (Wildman–Crippen LogP) is 0.795. The van der Waals surface area contributed by atoms with E-state index in [0.29, 0.717) is 26.2 Å². The number of terminal acetylenes is 1. The monoisotopic (exact) mass is 351 g/mol. The molecule has 25 heavy (non-hydrogen) atoms. The van der Waals surface area contributed by atoms with Crippen LogP contribution in [0.2, 0.25) is 0 Å². The summed E-state index contributed by atoms with van der Waals surface area (Å²) in [5.74, 6) is 1.65. The summed E-state index contributed by atoms with van der Waals surface area (Å²) in [4.78, 5) is 27.7. The van der Waals surface area contributed by atoms with E-state index in [-0.39, 0.29) is 36.2 Å². The van der Waals surface area contributed by atoms with Crippen molar-refractivity contribution in [2.24, 2.45) is 0 Å². The predicted molar refractivity (Wildman–Crippen MR) is 87.3 cm³/mol. The zero-order valence-corrected chi connectivity index (χ0v) is 13.6. The van der Waals surface area contributed by atoms with Crippen molar-refractivity contribution in [3.8, 4) is 18.1 Å². The van der Waals surface area contributed by atoms with Gasteiger partial charge in [0.2, 0.25) is 5.91 Å². The normalized spacial score (nSPS) is 14.9. The molecule has 1 aliphatic rings. The molecule has 1 aromatic rings. The van der Waals surface area contributed by atoms with Crippen molar-refractivity contribution in [1.82, 2.24) is 15.1 Å². The molecule has 2 rings (SSSR count). The quantitative estimate of drug-likeness (QED) is 0.770. The van der Waals surface area contributed by atoms with Gasteiger partial charge in [0.05, 0.1) is 18.7 Å². The minimum Gasteiger partial charge on any atom is -0.434 e. The number of benzene rings is 1. The van der Waals surface area contributed by atoms with Crippen LogP contribution >= 0.6 is 0 Å². The maximum absolute atomic E-state index is 12.6. The van der Waals surface area contributed by atoms with Gasteiger partial charge in [-0.2, -0.15) is 8.78 Å². The molecular weight excluding hydrogens is 332 g/mol. The lowest BCUT2D eigenvalue weighted by atomic mass is 10.1. The molecule has 1 N–H and O–H groups in total. The van der Waals surface area contributed by atoms with Gasteiger partial charge in [0.1, 0.15) is 5.75 Å². The van der Waals surface area contributed by atoms with Crippen LogP contribution in [0.15, 0.2) is 24.3 Å². The minimum absolute atomic E-state index is 0.100. The van der Waals surface area contributed by atoms with E-state index in [1.807, 2.05) is 4.90 Å². The van der Waals surface area contributed by atoms with Crippen LogP contribution in [-0.4, -0.2) is 67.5 Å². The second-order valence-corrected chi connectivity index (χ2v) is 5.42. The van der Waals surface area contributed by atoms with E-state index >= 15 is 0 Å². The number of carbonyl (C=O) groups excluding carboxylic acids is 2. The topological polar surface area (TPSA) is 61.9 Å². The fourth-order valence-electron chi connectivity index (χ4n) is 2.53. The van der Waals surface area contributed by atoms with Crippen molar-refractivity contribution in [3.63, 3.8) is 0 Å². The van der Waals surface area contributed by atoms with E-state index in [9.17, 15) is 18.4 Å². The third kappa shape index (κ3) is 5.43. The zero-order chi connectivity index (χ0) is 18.2. The highest BCUT2D eigenvalue weighted by Gasteiger charge is 2.25. The van der Waals surface area contributed by atoms with E-state index in [0.717, 1.165) is 0 Å². The zero-order valence-electron chi connectivity index (χ0n) is 13.6. The van der Waals surface area contributed by atoms with Crippen LogP contribution in [-0.2, 0) is 4.79 Å².